The summed E-state index contributed by atoms with van der Waals surface area (Å²) in [6.07, 6.45) is -0.521. The van der Waals surface area contributed by atoms with Crippen LogP contribution in [0.2, 0.25) is 0 Å². The average molecular weight is 452 g/mol. The van der Waals surface area contributed by atoms with Crippen molar-refractivity contribution in [3.63, 3.8) is 0 Å². The Labute approximate surface area is 176 Å². The van der Waals surface area contributed by atoms with Crippen LogP contribution in [0, 0.1) is 5.92 Å². The Balaban J connectivity index is 1.74. The molecule has 0 radical (unpaired) electrons. The number of imide groups is 1. The van der Waals surface area contributed by atoms with Crippen molar-refractivity contribution >= 4 is 39.3 Å². The van der Waals surface area contributed by atoms with Crippen LogP contribution in [0.5, 0.6) is 0 Å². The van der Waals surface area contributed by atoms with Gasteiger partial charge in [-0.2, -0.15) is 0 Å². The molecular formula is C22H18BrN3O3. The van der Waals surface area contributed by atoms with Crippen molar-refractivity contribution in [2.24, 2.45) is 5.92 Å². The largest absolute Gasteiger partial charge is 0.364 e. The number of amides is 3. The van der Waals surface area contributed by atoms with Crippen molar-refractivity contribution in [1.29, 1.82) is 0 Å². The Kier molecular flexibility index (Phi) is 4.10. The zero-order valence-corrected chi connectivity index (χ0v) is 17.2. The summed E-state index contributed by atoms with van der Waals surface area (Å²) >= 11 is 3.45. The van der Waals surface area contributed by atoms with Gasteiger partial charge in [0.2, 0.25) is 5.91 Å². The quantitative estimate of drug-likeness (QED) is 0.734. The minimum atomic E-state index is -0.606. The fourth-order valence-electron chi connectivity index (χ4n) is 4.69. The monoisotopic (exact) mass is 451 g/mol. The topological polar surface area (TPSA) is 78.5 Å². The smallest absolute Gasteiger partial charge is 0.325 e. The third-order valence-electron chi connectivity index (χ3n) is 5.96. The van der Waals surface area contributed by atoms with E-state index in [-0.39, 0.29) is 11.7 Å². The molecule has 2 heterocycles. The second kappa shape index (κ2) is 6.56. The second-order valence-electron chi connectivity index (χ2n) is 7.39. The minimum Gasteiger partial charge on any atom is -0.364 e. The Hall–Kier alpha value is -2.93. The lowest BCUT2D eigenvalue weighted by Crippen LogP contribution is -2.67. The van der Waals surface area contributed by atoms with Crippen molar-refractivity contribution in [1.82, 2.24) is 15.5 Å². The van der Waals surface area contributed by atoms with Gasteiger partial charge >= 0.3 is 6.03 Å². The molecule has 3 unspecified atom stereocenters. The van der Waals surface area contributed by atoms with Crippen molar-refractivity contribution in [2.45, 2.75) is 19.0 Å². The highest BCUT2D eigenvalue weighted by atomic mass is 79.9. The van der Waals surface area contributed by atoms with E-state index in [0.29, 0.717) is 17.7 Å². The number of carbonyl (C=O) groups is 3. The maximum atomic E-state index is 13.4. The van der Waals surface area contributed by atoms with E-state index < -0.39 is 24.0 Å². The van der Waals surface area contributed by atoms with E-state index in [1.807, 2.05) is 55.5 Å². The summed E-state index contributed by atoms with van der Waals surface area (Å²) < 4.78 is 0.917. The first-order valence-corrected chi connectivity index (χ1v) is 10.3. The molecule has 6 nitrogen and oxygen atoms in total. The van der Waals surface area contributed by atoms with Crippen LogP contribution in [0.3, 0.4) is 0 Å². The highest BCUT2D eigenvalue weighted by Gasteiger charge is 2.53. The standard InChI is InChI=1S/C22H18BrN3O3/c1-2-26-20-17(21(28)25-22(26)29)15(11-7-9-12(23)10-8-11)16-18(24-20)13-5-3-4-6-14(13)19(16)27/h3-10,15,17,20,24H,2H2,1H3,(H,25,28,29). The fourth-order valence-corrected chi connectivity index (χ4v) is 4.96. The number of rotatable bonds is 2. The number of urea groups is 1. The Bertz CT molecular complexity index is 1090. The van der Waals surface area contributed by atoms with Gasteiger partial charge in [0.25, 0.3) is 0 Å². The maximum Gasteiger partial charge on any atom is 0.325 e. The van der Waals surface area contributed by atoms with Crippen LogP contribution in [0.4, 0.5) is 4.79 Å². The molecule has 0 saturated carbocycles. The van der Waals surface area contributed by atoms with Crippen LogP contribution in [0.15, 0.2) is 58.6 Å². The Morgan fingerprint density at radius 3 is 2.38 bits per heavy atom. The van der Waals surface area contributed by atoms with Crippen molar-refractivity contribution in [3.05, 3.63) is 75.3 Å². The molecular weight excluding hydrogens is 434 g/mol. The number of carbonyl (C=O) groups excluding carboxylic acids is 3. The van der Waals surface area contributed by atoms with Crippen molar-refractivity contribution in [3.8, 4) is 0 Å². The summed E-state index contributed by atoms with van der Waals surface area (Å²) in [5, 5.41) is 5.84. The van der Waals surface area contributed by atoms with E-state index in [4.69, 9.17) is 0 Å². The summed E-state index contributed by atoms with van der Waals surface area (Å²) in [6, 6.07) is 14.7. The Morgan fingerprint density at radius 1 is 1.00 bits per heavy atom. The molecule has 0 bridgehead atoms. The summed E-state index contributed by atoms with van der Waals surface area (Å²) in [4.78, 5) is 40.4. The van der Waals surface area contributed by atoms with Gasteiger partial charge in [-0.25, -0.2) is 4.79 Å². The third kappa shape index (κ3) is 2.57. The zero-order valence-electron chi connectivity index (χ0n) is 15.6. The molecule has 2 N–H and O–H groups in total. The normalized spacial score (nSPS) is 25.2. The van der Waals surface area contributed by atoms with E-state index in [2.05, 4.69) is 26.6 Å². The maximum absolute atomic E-state index is 13.4. The molecule has 3 aliphatic rings. The molecule has 3 atom stereocenters. The van der Waals surface area contributed by atoms with E-state index in [1.54, 1.807) is 4.90 Å². The molecule has 2 aromatic rings. The molecule has 1 aliphatic carbocycles. The number of benzene rings is 2. The number of nitrogens with zero attached hydrogens (tertiary/aromatic N) is 1. The number of allylic oxidation sites excluding steroid dienone is 1. The number of hydrogen-bond donors (Lipinski definition) is 2. The molecule has 1 saturated heterocycles. The first kappa shape index (κ1) is 18.1. The number of ketones is 1. The summed E-state index contributed by atoms with van der Waals surface area (Å²) in [5.74, 6) is -1.49. The summed E-state index contributed by atoms with van der Waals surface area (Å²) in [6.45, 7) is 2.32. The highest BCUT2D eigenvalue weighted by molar-refractivity contribution is 9.10. The SMILES string of the molecule is CCN1C(=O)NC(=O)C2C(c3ccc(Br)cc3)C3=C(NC21)c1ccccc1C3=O. The zero-order chi connectivity index (χ0) is 20.3. The molecule has 2 aliphatic heterocycles. The van der Waals surface area contributed by atoms with Crippen LogP contribution in [-0.4, -0.2) is 35.3 Å². The molecule has 2 aromatic carbocycles. The van der Waals surface area contributed by atoms with Gasteiger partial charge in [0.1, 0.15) is 6.17 Å². The summed E-state index contributed by atoms with van der Waals surface area (Å²) in [7, 11) is 0. The van der Waals surface area contributed by atoms with Crippen LogP contribution in [0.1, 0.15) is 34.3 Å². The number of hydrogen-bond acceptors (Lipinski definition) is 4. The predicted octanol–water partition coefficient (Wildman–Crippen LogP) is 3.26. The molecule has 3 amide bonds. The number of fused-ring (bicyclic) bond motifs is 3. The van der Waals surface area contributed by atoms with Gasteiger partial charge < -0.3 is 10.2 Å². The lowest BCUT2D eigenvalue weighted by atomic mass is 9.73. The molecule has 7 heteroatoms. The summed E-state index contributed by atoms with van der Waals surface area (Å²) in [5.41, 5.74) is 3.64. The first-order valence-electron chi connectivity index (χ1n) is 9.53. The van der Waals surface area contributed by atoms with E-state index in [0.717, 1.165) is 21.3 Å². The third-order valence-corrected chi connectivity index (χ3v) is 6.49. The van der Waals surface area contributed by atoms with Crippen LogP contribution < -0.4 is 10.6 Å². The van der Waals surface area contributed by atoms with Crippen LogP contribution >= 0.6 is 15.9 Å². The first-order chi connectivity index (χ1) is 14.0. The molecule has 29 heavy (non-hydrogen) atoms. The van der Waals surface area contributed by atoms with Crippen molar-refractivity contribution < 1.29 is 14.4 Å². The molecule has 1 fully saturated rings. The molecule has 0 spiro atoms. The number of Topliss-reactive ketones (excluding diaryl/α,β-unsaturated/α-hetero) is 1. The number of nitrogens with one attached hydrogen (secondary N) is 2. The van der Waals surface area contributed by atoms with Crippen LogP contribution in [-0.2, 0) is 4.79 Å². The van der Waals surface area contributed by atoms with Gasteiger partial charge in [-0.1, -0.05) is 52.3 Å². The molecule has 0 aromatic heterocycles. The predicted molar refractivity (Wildman–Crippen MR) is 111 cm³/mol. The van der Waals surface area contributed by atoms with Gasteiger partial charge in [-0.05, 0) is 24.6 Å². The van der Waals surface area contributed by atoms with E-state index in [9.17, 15) is 14.4 Å². The number of halogens is 1. The lowest BCUT2D eigenvalue weighted by molar-refractivity contribution is -0.129. The van der Waals surface area contributed by atoms with Gasteiger partial charge in [-0.15, -0.1) is 0 Å². The van der Waals surface area contributed by atoms with E-state index >= 15 is 0 Å². The van der Waals surface area contributed by atoms with Crippen LogP contribution in [0.25, 0.3) is 5.70 Å². The minimum absolute atomic E-state index is 0.0674. The fraction of sp³-hybridized carbons (Fsp3) is 0.227. The van der Waals surface area contributed by atoms with Gasteiger partial charge in [0.15, 0.2) is 5.78 Å². The van der Waals surface area contributed by atoms with E-state index in [1.165, 1.54) is 0 Å². The van der Waals surface area contributed by atoms with Gasteiger partial charge in [-0.3, -0.25) is 14.9 Å². The Morgan fingerprint density at radius 2 is 1.69 bits per heavy atom. The molecule has 146 valence electrons. The second-order valence-corrected chi connectivity index (χ2v) is 8.30. The van der Waals surface area contributed by atoms with Gasteiger partial charge in [0, 0.05) is 33.6 Å². The average Bonchev–Trinajstić information content (AvgIpc) is 3.00. The van der Waals surface area contributed by atoms with Gasteiger partial charge in [0.05, 0.1) is 11.6 Å². The highest BCUT2D eigenvalue weighted by Crippen LogP contribution is 2.48. The lowest BCUT2D eigenvalue weighted by Gasteiger charge is -2.47. The van der Waals surface area contributed by atoms with Crippen molar-refractivity contribution in [2.75, 3.05) is 6.54 Å². The molecule has 5 rings (SSSR count).